The maximum absolute atomic E-state index is 11.5. The summed E-state index contributed by atoms with van der Waals surface area (Å²) in [5.41, 5.74) is 0. The monoisotopic (exact) mass is 518 g/mol. The SMILES string of the molecule is CSC1=C(SC)SC(=c2sc(=S)c(=C3Sc4sc(=O)sc4S3)s2)S1. The standard InChI is InChI=1S/C12H6OS11/c1-15-6-7(16-2)22-9(21-6)8-17-3(4(14)18-8)5-19-10-11(20-5)24-12(13)23-10/h1-2H3. The molecule has 1 nitrogen and oxygen atoms in total. The Balaban J connectivity index is 1.76. The predicted molar refractivity (Wildman–Crippen MR) is 129 cm³/mol. The quantitative estimate of drug-likeness (QED) is 0.420. The first-order valence-corrected chi connectivity index (χ1v) is 15.5. The van der Waals surface area contributed by atoms with Crippen molar-refractivity contribution in [2.75, 3.05) is 12.5 Å². The molecule has 2 aliphatic heterocycles. The van der Waals surface area contributed by atoms with Crippen molar-refractivity contribution in [3.8, 4) is 0 Å². The summed E-state index contributed by atoms with van der Waals surface area (Å²) in [5.74, 6) is 0. The van der Waals surface area contributed by atoms with E-state index in [0.29, 0.717) is 0 Å². The molecule has 2 aromatic heterocycles. The van der Waals surface area contributed by atoms with E-state index in [1.807, 2.05) is 47.0 Å². The molecular weight excluding hydrogens is 513 g/mol. The van der Waals surface area contributed by atoms with E-state index in [-0.39, 0.29) is 4.06 Å². The Kier molecular flexibility index (Phi) is 6.33. The van der Waals surface area contributed by atoms with Crippen molar-refractivity contribution in [2.45, 2.75) is 8.42 Å². The third kappa shape index (κ3) is 3.67. The molecule has 2 aliphatic rings. The van der Waals surface area contributed by atoms with E-state index < -0.39 is 0 Å². The molecule has 0 bridgehead atoms. The van der Waals surface area contributed by atoms with Gasteiger partial charge in [0, 0.05) is 0 Å². The fourth-order valence-electron chi connectivity index (χ4n) is 1.76. The second-order valence-corrected chi connectivity index (χ2v) is 16.6. The van der Waals surface area contributed by atoms with Crippen molar-refractivity contribution in [3.05, 3.63) is 29.5 Å². The van der Waals surface area contributed by atoms with E-state index in [1.54, 1.807) is 46.2 Å². The maximum atomic E-state index is 11.5. The fraction of sp³-hybridized carbons (Fsp3) is 0.167. The zero-order chi connectivity index (χ0) is 16.8. The van der Waals surface area contributed by atoms with Gasteiger partial charge < -0.3 is 0 Å². The first-order chi connectivity index (χ1) is 11.6. The third-order valence-electron chi connectivity index (χ3n) is 2.72. The number of hydrogen-bond donors (Lipinski definition) is 0. The van der Waals surface area contributed by atoms with Gasteiger partial charge in [0.15, 0.2) is 0 Å². The van der Waals surface area contributed by atoms with Gasteiger partial charge in [-0.25, -0.2) is 0 Å². The van der Waals surface area contributed by atoms with E-state index in [1.165, 1.54) is 48.0 Å². The topological polar surface area (TPSA) is 17.1 Å². The normalized spacial score (nSPS) is 17.2. The van der Waals surface area contributed by atoms with Crippen molar-refractivity contribution < 1.29 is 0 Å². The van der Waals surface area contributed by atoms with Crippen LogP contribution in [0.1, 0.15) is 0 Å². The van der Waals surface area contributed by atoms with Crippen molar-refractivity contribution in [1.29, 1.82) is 0 Å². The Hall–Kier alpha value is 1.70. The van der Waals surface area contributed by atoms with Gasteiger partial charge in [0.2, 0.25) is 0 Å². The van der Waals surface area contributed by atoms with Crippen molar-refractivity contribution in [1.82, 2.24) is 0 Å². The van der Waals surface area contributed by atoms with Crippen LogP contribution in [-0.2, 0) is 0 Å². The molecule has 4 rings (SSSR count). The number of rotatable bonds is 2. The Bertz CT molecular complexity index is 1030. The number of fused-ring (bicyclic) bond motifs is 1. The van der Waals surface area contributed by atoms with Crippen LogP contribution < -0.4 is 12.4 Å². The summed E-state index contributed by atoms with van der Waals surface area (Å²) >= 11 is 22.6. The van der Waals surface area contributed by atoms with Gasteiger partial charge in [-0.2, -0.15) is 0 Å². The molecule has 12 heteroatoms. The summed E-state index contributed by atoms with van der Waals surface area (Å²) in [6.07, 6.45) is 4.27. The van der Waals surface area contributed by atoms with Crippen molar-refractivity contribution in [2.24, 2.45) is 0 Å². The number of thioether (sulfide) groups is 6. The molecule has 0 aliphatic carbocycles. The molecule has 0 saturated heterocycles. The second-order valence-electron chi connectivity index (χ2n) is 4.10. The molecule has 24 heavy (non-hydrogen) atoms. The molecule has 2 aromatic rings. The minimum absolute atomic E-state index is 0.182. The first kappa shape index (κ1) is 19.0. The molecule has 0 radical (unpaired) electrons. The lowest BCUT2D eigenvalue weighted by Crippen LogP contribution is -1.96. The van der Waals surface area contributed by atoms with Crippen LogP contribution in [0.4, 0.5) is 0 Å². The Labute approximate surface area is 184 Å². The molecule has 0 atom stereocenters. The van der Waals surface area contributed by atoms with Crippen LogP contribution in [0.25, 0.3) is 8.47 Å². The van der Waals surface area contributed by atoms with Gasteiger partial charge in [-0.05, 0) is 12.5 Å². The maximum Gasteiger partial charge on any atom is 0.289 e. The highest BCUT2D eigenvalue weighted by Crippen LogP contribution is 2.57. The van der Waals surface area contributed by atoms with Crippen LogP contribution in [0.2, 0.25) is 0 Å². The van der Waals surface area contributed by atoms with Gasteiger partial charge in [0.1, 0.15) is 7.67 Å². The molecule has 0 spiro atoms. The summed E-state index contributed by atoms with van der Waals surface area (Å²) < 4.78 is 11.3. The average Bonchev–Trinajstić information content (AvgIpc) is 3.27. The summed E-state index contributed by atoms with van der Waals surface area (Å²) in [6.45, 7) is 0. The van der Waals surface area contributed by atoms with E-state index in [9.17, 15) is 4.79 Å². The van der Waals surface area contributed by atoms with Crippen LogP contribution in [0, 0.1) is 3.82 Å². The van der Waals surface area contributed by atoms with Gasteiger partial charge in [-0.15, -0.1) is 46.2 Å². The molecule has 0 amide bonds. The highest BCUT2D eigenvalue weighted by atomic mass is 32.3. The lowest BCUT2D eigenvalue weighted by atomic mass is 10.9. The predicted octanol–water partition coefficient (Wildman–Crippen LogP) is 6.38. The second kappa shape index (κ2) is 7.98. The lowest BCUT2D eigenvalue weighted by molar-refractivity contribution is 1.56. The van der Waals surface area contributed by atoms with E-state index in [2.05, 4.69) is 12.5 Å². The highest BCUT2D eigenvalue weighted by Gasteiger charge is 2.25. The Morgan fingerprint density at radius 1 is 0.792 bits per heavy atom. The van der Waals surface area contributed by atoms with Crippen LogP contribution in [0.3, 0.4) is 0 Å². The van der Waals surface area contributed by atoms with E-state index in [4.69, 9.17) is 12.2 Å². The highest BCUT2D eigenvalue weighted by molar-refractivity contribution is 8.45. The molecular formula is C12H6OS11. The molecule has 0 aromatic carbocycles. The average molecular weight is 519 g/mol. The van der Waals surface area contributed by atoms with Crippen molar-refractivity contribution in [3.63, 3.8) is 0 Å². The molecule has 0 saturated carbocycles. The smallest absolute Gasteiger partial charge is 0.265 e. The minimum atomic E-state index is 0.182. The zero-order valence-corrected chi connectivity index (χ0v) is 20.9. The fourth-order valence-corrected chi connectivity index (χ4v) is 16.2. The number of hydrogen-bond acceptors (Lipinski definition) is 12. The van der Waals surface area contributed by atoms with E-state index in [0.717, 1.165) is 12.2 Å². The lowest BCUT2D eigenvalue weighted by Gasteiger charge is -1.94. The minimum Gasteiger partial charge on any atom is -0.265 e. The van der Waals surface area contributed by atoms with Crippen LogP contribution in [0.5, 0.6) is 0 Å². The third-order valence-corrected chi connectivity index (χ3v) is 16.9. The molecule has 126 valence electrons. The van der Waals surface area contributed by atoms with Gasteiger partial charge in [0.25, 0.3) is 4.06 Å². The van der Waals surface area contributed by atoms with E-state index >= 15 is 0 Å². The molecule has 0 N–H and O–H groups in total. The summed E-state index contributed by atoms with van der Waals surface area (Å²) in [7, 11) is 0. The van der Waals surface area contributed by atoms with Crippen LogP contribution in [-0.4, -0.2) is 12.5 Å². The zero-order valence-electron chi connectivity index (χ0n) is 11.9. The summed E-state index contributed by atoms with van der Waals surface area (Å²) in [4.78, 5) is 11.5. The van der Waals surface area contributed by atoms with Gasteiger partial charge in [0.05, 0.1) is 29.9 Å². The summed E-state index contributed by atoms with van der Waals surface area (Å²) in [5, 5.41) is 0. The van der Waals surface area contributed by atoms with Crippen LogP contribution in [0.15, 0.2) is 21.7 Å². The molecule has 4 heterocycles. The Morgan fingerprint density at radius 2 is 1.38 bits per heavy atom. The molecule has 0 unspecified atom stereocenters. The van der Waals surface area contributed by atoms with Crippen molar-refractivity contribution >= 4 is 137 Å². The van der Waals surface area contributed by atoms with Gasteiger partial charge in [-0.3, -0.25) is 4.79 Å². The van der Waals surface area contributed by atoms with Gasteiger partial charge in [-0.1, -0.05) is 81.9 Å². The van der Waals surface area contributed by atoms with Crippen LogP contribution >= 0.6 is 128 Å². The largest absolute Gasteiger partial charge is 0.289 e. The summed E-state index contributed by atoms with van der Waals surface area (Å²) in [6, 6.07) is 0. The Morgan fingerprint density at radius 3 is 1.92 bits per heavy atom. The first-order valence-electron chi connectivity index (χ1n) is 6.15. The van der Waals surface area contributed by atoms with Gasteiger partial charge >= 0.3 is 0 Å². The molecule has 0 fully saturated rings.